The van der Waals surface area contributed by atoms with Crippen LogP contribution in [0.3, 0.4) is 0 Å². The van der Waals surface area contributed by atoms with Crippen LogP contribution in [-0.4, -0.2) is 92.2 Å². The molecule has 29 heavy (non-hydrogen) atoms. The summed E-state index contributed by atoms with van der Waals surface area (Å²) in [5, 5.41) is 3.52. The number of sulfonamides is 1. The zero-order chi connectivity index (χ0) is 21.4. The van der Waals surface area contributed by atoms with Gasteiger partial charge in [0.2, 0.25) is 10.0 Å². The number of likely N-dealkylation sites (tertiary alicyclic amines) is 1. The summed E-state index contributed by atoms with van der Waals surface area (Å²) in [6.07, 6.45) is 2.45. The fourth-order valence-corrected chi connectivity index (χ4v) is 7.65. The lowest BCUT2D eigenvalue weighted by Gasteiger charge is -2.41. The Morgan fingerprint density at radius 2 is 1.62 bits per heavy atom. The first kappa shape index (κ1) is 23.5. The van der Waals surface area contributed by atoms with E-state index in [4.69, 9.17) is 0 Å². The number of nitrogens with zero attached hydrogens (tertiary/aromatic N) is 3. The molecule has 0 spiro atoms. The predicted molar refractivity (Wildman–Crippen MR) is 121 cm³/mol. The van der Waals surface area contributed by atoms with Crippen molar-refractivity contribution in [1.29, 1.82) is 0 Å². The third-order valence-corrected chi connectivity index (χ3v) is 10.4. The Morgan fingerprint density at radius 3 is 2.17 bits per heavy atom. The van der Waals surface area contributed by atoms with Crippen LogP contribution in [-0.2, 0) is 10.0 Å². The van der Waals surface area contributed by atoms with Crippen molar-refractivity contribution < 1.29 is 8.42 Å². The Balaban J connectivity index is 1.59. The molecule has 0 bridgehead atoms. The highest BCUT2D eigenvalue weighted by atomic mass is 32.2. The molecule has 0 radical (unpaired) electrons. The number of nitrogens with one attached hydrogen (secondary N) is 1. The van der Waals surface area contributed by atoms with Gasteiger partial charge in [0.1, 0.15) is 0 Å². The number of hydrogen-bond acceptors (Lipinski definition) is 5. The van der Waals surface area contributed by atoms with Gasteiger partial charge in [0, 0.05) is 44.3 Å². The fourth-order valence-electron chi connectivity index (χ4n) is 5.67. The second-order valence-electron chi connectivity index (χ2n) is 11.0. The molecule has 0 saturated carbocycles. The van der Waals surface area contributed by atoms with E-state index in [1.165, 1.54) is 12.8 Å². The van der Waals surface area contributed by atoms with E-state index in [9.17, 15) is 8.42 Å². The van der Waals surface area contributed by atoms with Crippen molar-refractivity contribution in [3.05, 3.63) is 0 Å². The zero-order valence-corrected chi connectivity index (χ0v) is 20.4. The Morgan fingerprint density at radius 1 is 0.966 bits per heavy atom. The van der Waals surface area contributed by atoms with Crippen LogP contribution in [0.4, 0.5) is 0 Å². The van der Waals surface area contributed by atoms with Gasteiger partial charge in [-0.1, -0.05) is 13.8 Å². The van der Waals surface area contributed by atoms with Gasteiger partial charge in [-0.25, -0.2) is 8.42 Å². The van der Waals surface area contributed by atoms with Crippen LogP contribution in [0.25, 0.3) is 0 Å². The fraction of sp³-hybridized carbons (Fsp3) is 1.00. The van der Waals surface area contributed by atoms with Gasteiger partial charge in [-0.3, -0.25) is 9.80 Å². The standard InChI is InChI=1S/C22H44N4O2S/c1-18(2)24-11-13-26(14-12-24)29(27,28)17-21(3,4)25-10-8-20(16-25)22(5,6)19-7-9-23-15-19/h18-20,23H,7-17H2,1-6H3. The molecule has 0 aliphatic carbocycles. The summed E-state index contributed by atoms with van der Waals surface area (Å²) in [6.45, 7) is 20.7. The lowest BCUT2D eigenvalue weighted by molar-refractivity contribution is 0.105. The molecule has 0 aromatic rings. The minimum atomic E-state index is -3.24. The van der Waals surface area contributed by atoms with Crippen LogP contribution in [0.15, 0.2) is 0 Å². The third-order valence-electron chi connectivity index (χ3n) is 8.14. The summed E-state index contributed by atoms with van der Waals surface area (Å²) >= 11 is 0. The molecule has 3 rings (SSSR count). The summed E-state index contributed by atoms with van der Waals surface area (Å²) in [6, 6.07) is 0.483. The molecule has 170 valence electrons. The molecule has 2 unspecified atom stereocenters. The molecule has 3 heterocycles. The van der Waals surface area contributed by atoms with Crippen LogP contribution in [0.1, 0.15) is 54.4 Å². The van der Waals surface area contributed by atoms with Crippen molar-refractivity contribution in [3.63, 3.8) is 0 Å². The molecule has 3 fully saturated rings. The summed E-state index contributed by atoms with van der Waals surface area (Å²) in [4.78, 5) is 4.81. The minimum absolute atomic E-state index is 0.222. The summed E-state index contributed by atoms with van der Waals surface area (Å²) in [7, 11) is -3.24. The molecule has 3 aliphatic heterocycles. The predicted octanol–water partition coefficient (Wildman–Crippen LogP) is 2.08. The highest BCUT2D eigenvalue weighted by molar-refractivity contribution is 7.89. The molecule has 0 amide bonds. The van der Waals surface area contributed by atoms with Gasteiger partial charge in [0.15, 0.2) is 0 Å². The molecule has 1 N–H and O–H groups in total. The monoisotopic (exact) mass is 428 g/mol. The smallest absolute Gasteiger partial charge is 0.215 e. The first-order chi connectivity index (χ1) is 13.4. The Bertz CT molecular complexity index is 648. The largest absolute Gasteiger partial charge is 0.316 e. The molecular formula is C22H44N4O2S. The van der Waals surface area contributed by atoms with Gasteiger partial charge in [-0.05, 0) is 77.4 Å². The Hall–Kier alpha value is -0.210. The van der Waals surface area contributed by atoms with Crippen LogP contribution in [0, 0.1) is 17.3 Å². The molecule has 0 aromatic carbocycles. The Labute approximate surface area is 179 Å². The van der Waals surface area contributed by atoms with Crippen molar-refractivity contribution in [2.45, 2.75) is 66.0 Å². The van der Waals surface area contributed by atoms with Crippen LogP contribution >= 0.6 is 0 Å². The lowest BCUT2D eigenvalue weighted by Crippen LogP contribution is -2.55. The maximum Gasteiger partial charge on any atom is 0.215 e. The molecule has 6 nitrogen and oxygen atoms in total. The van der Waals surface area contributed by atoms with Crippen molar-refractivity contribution in [2.75, 3.05) is 58.1 Å². The SMILES string of the molecule is CC(C)N1CCN(S(=O)(=O)CC(C)(C)N2CCC(C(C)(C)C3CCNC3)C2)CC1. The van der Waals surface area contributed by atoms with Crippen LogP contribution < -0.4 is 5.32 Å². The third kappa shape index (κ3) is 5.17. The number of hydrogen-bond donors (Lipinski definition) is 1. The van der Waals surface area contributed by atoms with E-state index in [0.717, 1.165) is 45.2 Å². The second-order valence-corrected chi connectivity index (χ2v) is 13.0. The van der Waals surface area contributed by atoms with Gasteiger partial charge in [0.05, 0.1) is 5.75 Å². The summed E-state index contributed by atoms with van der Waals surface area (Å²) in [5.74, 6) is 1.60. The maximum absolute atomic E-state index is 13.2. The van der Waals surface area contributed by atoms with Gasteiger partial charge in [-0.2, -0.15) is 4.31 Å². The van der Waals surface area contributed by atoms with Gasteiger partial charge >= 0.3 is 0 Å². The molecule has 3 aliphatic rings. The van der Waals surface area contributed by atoms with E-state index >= 15 is 0 Å². The molecule has 3 saturated heterocycles. The second kappa shape index (κ2) is 8.73. The molecular weight excluding hydrogens is 384 g/mol. The van der Waals surface area contributed by atoms with Crippen molar-refractivity contribution >= 4 is 10.0 Å². The number of piperazine rings is 1. The Kier molecular flexibility index (Phi) is 7.06. The van der Waals surface area contributed by atoms with E-state index in [-0.39, 0.29) is 11.3 Å². The normalized spacial score (nSPS) is 29.2. The molecule has 2 atom stereocenters. The van der Waals surface area contributed by atoms with E-state index < -0.39 is 10.0 Å². The highest BCUT2D eigenvalue weighted by Gasteiger charge is 2.45. The summed E-state index contributed by atoms with van der Waals surface area (Å²) in [5.41, 5.74) is -0.0207. The maximum atomic E-state index is 13.2. The van der Waals surface area contributed by atoms with Gasteiger partial charge < -0.3 is 5.32 Å². The van der Waals surface area contributed by atoms with Crippen LogP contribution in [0.2, 0.25) is 0 Å². The van der Waals surface area contributed by atoms with E-state index in [2.05, 4.69) is 56.7 Å². The molecule has 0 aromatic heterocycles. The first-order valence-corrected chi connectivity index (χ1v) is 13.2. The lowest BCUT2D eigenvalue weighted by atomic mass is 9.68. The van der Waals surface area contributed by atoms with Crippen molar-refractivity contribution in [3.8, 4) is 0 Å². The average Bonchev–Trinajstić information content (AvgIpc) is 3.33. The number of rotatable bonds is 7. The first-order valence-electron chi connectivity index (χ1n) is 11.6. The van der Waals surface area contributed by atoms with Crippen molar-refractivity contribution in [2.24, 2.45) is 17.3 Å². The van der Waals surface area contributed by atoms with Gasteiger partial charge in [0.25, 0.3) is 0 Å². The summed E-state index contributed by atoms with van der Waals surface area (Å²) < 4.78 is 28.1. The van der Waals surface area contributed by atoms with Crippen LogP contribution in [0.5, 0.6) is 0 Å². The highest BCUT2D eigenvalue weighted by Crippen LogP contribution is 2.44. The molecule has 7 heteroatoms. The average molecular weight is 429 g/mol. The van der Waals surface area contributed by atoms with Gasteiger partial charge in [-0.15, -0.1) is 0 Å². The topological polar surface area (TPSA) is 55.9 Å². The van der Waals surface area contributed by atoms with E-state index in [1.54, 1.807) is 4.31 Å². The quantitative estimate of drug-likeness (QED) is 0.673. The van der Waals surface area contributed by atoms with E-state index in [0.29, 0.717) is 30.5 Å². The zero-order valence-electron chi connectivity index (χ0n) is 19.6. The van der Waals surface area contributed by atoms with E-state index in [1.807, 2.05) is 0 Å². The van der Waals surface area contributed by atoms with Crippen molar-refractivity contribution in [1.82, 2.24) is 19.4 Å². The minimum Gasteiger partial charge on any atom is -0.316 e.